The number of para-hydroxylation sites is 2. The lowest BCUT2D eigenvalue weighted by Crippen LogP contribution is -2.18. The van der Waals surface area contributed by atoms with E-state index in [0.29, 0.717) is 5.95 Å². The summed E-state index contributed by atoms with van der Waals surface area (Å²) in [6.45, 7) is 4.65. The molecule has 0 fully saturated rings. The third-order valence-electron chi connectivity index (χ3n) is 13.5. The Kier molecular flexibility index (Phi) is 5.81. The van der Waals surface area contributed by atoms with E-state index in [4.69, 9.17) is 9.97 Å². The van der Waals surface area contributed by atoms with Crippen LogP contribution in [0.15, 0.2) is 170 Å². The first kappa shape index (κ1) is 31.5. The van der Waals surface area contributed by atoms with Gasteiger partial charge in [-0.25, -0.2) is 9.97 Å². The van der Waals surface area contributed by atoms with E-state index in [9.17, 15) is 0 Å². The molecule has 4 heterocycles. The predicted molar refractivity (Wildman–Crippen MR) is 247 cm³/mol. The highest BCUT2D eigenvalue weighted by molar-refractivity contribution is 6.39. The van der Waals surface area contributed by atoms with Crippen molar-refractivity contribution in [3.63, 3.8) is 0 Å². The number of fused-ring (bicyclic) bond motifs is 18. The molecule has 0 saturated heterocycles. The van der Waals surface area contributed by atoms with Gasteiger partial charge in [0.15, 0.2) is 0 Å². The monoisotopic (exact) mass is 750 g/mol. The van der Waals surface area contributed by atoms with Crippen LogP contribution in [0.3, 0.4) is 0 Å². The van der Waals surface area contributed by atoms with Gasteiger partial charge in [0.25, 0.3) is 0 Å². The largest absolute Gasteiger partial charge is 0.307 e. The van der Waals surface area contributed by atoms with Crippen LogP contribution in [0.2, 0.25) is 0 Å². The normalized spacial score (nSPS) is 13.7. The van der Waals surface area contributed by atoms with Gasteiger partial charge in [0, 0.05) is 59.8 Å². The maximum atomic E-state index is 5.74. The molecular formula is C55H34N4. The van der Waals surface area contributed by atoms with Crippen LogP contribution in [-0.4, -0.2) is 18.9 Å². The zero-order valence-electron chi connectivity index (χ0n) is 32.5. The van der Waals surface area contributed by atoms with Crippen molar-refractivity contribution in [3.8, 4) is 28.5 Å². The summed E-state index contributed by atoms with van der Waals surface area (Å²) in [4.78, 5) is 11.4. The zero-order chi connectivity index (χ0) is 38.7. The molecule has 0 aliphatic heterocycles. The molecule has 13 aromatic rings. The molecule has 0 amide bonds. The second-order valence-corrected chi connectivity index (χ2v) is 16.9. The Hall–Kier alpha value is -7.56. The van der Waals surface area contributed by atoms with E-state index in [1.54, 1.807) is 0 Å². The quantitative estimate of drug-likeness (QED) is 0.176. The van der Waals surface area contributed by atoms with E-state index in [0.717, 1.165) is 28.0 Å². The topological polar surface area (TPSA) is 35.1 Å². The fourth-order valence-corrected chi connectivity index (χ4v) is 11.0. The van der Waals surface area contributed by atoms with E-state index < -0.39 is 0 Å². The van der Waals surface area contributed by atoms with Crippen molar-refractivity contribution >= 4 is 92.2 Å². The number of aromatic nitrogens is 4. The Morgan fingerprint density at radius 3 is 1.90 bits per heavy atom. The van der Waals surface area contributed by atoms with Gasteiger partial charge in [-0.15, -0.1) is 0 Å². The van der Waals surface area contributed by atoms with Gasteiger partial charge in [-0.3, -0.25) is 4.57 Å². The average Bonchev–Trinajstić information content (AvgIpc) is 3.98. The predicted octanol–water partition coefficient (Wildman–Crippen LogP) is 14.2. The summed E-state index contributed by atoms with van der Waals surface area (Å²) in [5.74, 6) is 0.680. The second kappa shape index (κ2) is 10.9. The molecule has 4 nitrogen and oxygen atoms in total. The Balaban J connectivity index is 1.20. The summed E-state index contributed by atoms with van der Waals surface area (Å²) in [7, 11) is 0. The van der Waals surface area contributed by atoms with Gasteiger partial charge in [-0.2, -0.15) is 0 Å². The Bertz CT molecular complexity index is 3990. The summed E-state index contributed by atoms with van der Waals surface area (Å²) >= 11 is 0. The number of hydrogen-bond acceptors (Lipinski definition) is 2. The third-order valence-corrected chi connectivity index (χ3v) is 13.5. The van der Waals surface area contributed by atoms with Crippen LogP contribution in [0.4, 0.5) is 0 Å². The van der Waals surface area contributed by atoms with Crippen molar-refractivity contribution in [1.29, 1.82) is 0 Å². The van der Waals surface area contributed by atoms with E-state index in [1.165, 1.54) is 97.9 Å². The third kappa shape index (κ3) is 3.89. The SMILES string of the molecule is CC1(C)c2ccccc2-c2nc(-n3c4ccccc4c4c3c3ccccc3c3c5cccc6c7cc8ccccc8cc7n(c65)c34)nc(-c3ccc4ccccc4c3)c21. The Labute approximate surface area is 338 Å². The van der Waals surface area contributed by atoms with Crippen LogP contribution in [0.1, 0.15) is 25.0 Å². The van der Waals surface area contributed by atoms with Crippen LogP contribution in [0, 0.1) is 0 Å². The molecule has 4 heteroatoms. The van der Waals surface area contributed by atoms with Gasteiger partial charge in [0.2, 0.25) is 5.95 Å². The molecule has 274 valence electrons. The molecule has 0 atom stereocenters. The van der Waals surface area contributed by atoms with E-state index in [2.05, 4.69) is 193 Å². The highest BCUT2D eigenvalue weighted by Crippen LogP contribution is 2.53. The van der Waals surface area contributed by atoms with Gasteiger partial charge in [0.05, 0.1) is 39.0 Å². The first-order valence-corrected chi connectivity index (χ1v) is 20.5. The van der Waals surface area contributed by atoms with Crippen molar-refractivity contribution in [2.75, 3.05) is 0 Å². The van der Waals surface area contributed by atoms with Crippen molar-refractivity contribution in [2.24, 2.45) is 0 Å². The van der Waals surface area contributed by atoms with Crippen molar-refractivity contribution in [2.45, 2.75) is 19.3 Å². The minimum absolute atomic E-state index is 0.295. The highest BCUT2D eigenvalue weighted by atomic mass is 15.2. The molecule has 59 heavy (non-hydrogen) atoms. The molecule has 4 aromatic heterocycles. The van der Waals surface area contributed by atoms with Crippen LogP contribution in [-0.2, 0) is 5.41 Å². The molecule has 1 aliphatic carbocycles. The highest BCUT2D eigenvalue weighted by Gasteiger charge is 2.40. The van der Waals surface area contributed by atoms with Gasteiger partial charge in [-0.1, -0.05) is 159 Å². The first-order valence-electron chi connectivity index (χ1n) is 20.5. The van der Waals surface area contributed by atoms with Gasteiger partial charge < -0.3 is 4.40 Å². The van der Waals surface area contributed by atoms with Gasteiger partial charge >= 0.3 is 0 Å². The summed E-state index contributed by atoms with van der Waals surface area (Å²) in [6, 6.07) is 62.4. The number of rotatable bonds is 2. The van der Waals surface area contributed by atoms with Crippen molar-refractivity contribution in [3.05, 3.63) is 181 Å². The second-order valence-electron chi connectivity index (χ2n) is 16.9. The number of benzene rings is 9. The molecule has 0 N–H and O–H groups in total. The van der Waals surface area contributed by atoms with Crippen molar-refractivity contribution < 1.29 is 0 Å². The molecule has 1 aliphatic rings. The Morgan fingerprint density at radius 2 is 1.05 bits per heavy atom. The summed E-state index contributed by atoms with van der Waals surface area (Å²) in [5, 5.41) is 14.8. The van der Waals surface area contributed by atoms with E-state index in [1.807, 2.05) is 0 Å². The lowest BCUT2D eigenvalue weighted by molar-refractivity contribution is 0.657. The fourth-order valence-electron chi connectivity index (χ4n) is 11.0. The van der Waals surface area contributed by atoms with Gasteiger partial charge in [-0.05, 0) is 56.8 Å². The maximum Gasteiger partial charge on any atom is 0.235 e. The van der Waals surface area contributed by atoms with Crippen LogP contribution >= 0.6 is 0 Å². The molecular weight excluding hydrogens is 717 g/mol. The fraction of sp³-hybridized carbons (Fsp3) is 0.0545. The zero-order valence-corrected chi connectivity index (χ0v) is 32.5. The molecule has 0 saturated carbocycles. The van der Waals surface area contributed by atoms with Crippen LogP contribution in [0.5, 0.6) is 0 Å². The minimum atomic E-state index is -0.295. The molecule has 9 aromatic carbocycles. The lowest BCUT2D eigenvalue weighted by atomic mass is 9.80. The standard InChI is InChI=1S/C55H34N4/c1-55(2)43-24-11-9-20-39(43)50-48(55)49(35-27-26-31-14-3-4-15-32(31)28-35)56-54(57-50)59-44-25-12-10-21-40(44)47-52(59)37-19-8-7-18-36(37)46-41-23-13-22-38-42-29-33-16-5-6-17-34(33)30-45(42)58(51(38)41)53(46)47/h3-30H,1-2H3. The van der Waals surface area contributed by atoms with E-state index in [-0.39, 0.29) is 5.41 Å². The smallest absolute Gasteiger partial charge is 0.235 e. The molecule has 0 spiro atoms. The number of hydrogen-bond donors (Lipinski definition) is 0. The van der Waals surface area contributed by atoms with Crippen LogP contribution in [0.25, 0.3) is 121 Å². The lowest BCUT2D eigenvalue weighted by Gasteiger charge is -2.24. The van der Waals surface area contributed by atoms with Crippen molar-refractivity contribution in [1.82, 2.24) is 18.9 Å². The van der Waals surface area contributed by atoms with Gasteiger partial charge in [0.1, 0.15) is 0 Å². The maximum absolute atomic E-state index is 5.74. The first-order chi connectivity index (χ1) is 29.0. The summed E-state index contributed by atoms with van der Waals surface area (Å²) in [5.41, 5.74) is 12.4. The number of nitrogens with zero attached hydrogens (tertiary/aromatic N) is 4. The molecule has 0 unspecified atom stereocenters. The molecule has 0 bridgehead atoms. The van der Waals surface area contributed by atoms with Crippen LogP contribution < -0.4 is 0 Å². The average molecular weight is 751 g/mol. The summed E-state index contributed by atoms with van der Waals surface area (Å²) in [6.07, 6.45) is 0. The molecule has 0 radical (unpaired) electrons. The molecule has 14 rings (SSSR count). The Morgan fingerprint density at radius 1 is 0.424 bits per heavy atom. The van der Waals surface area contributed by atoms with E-state index >= 15 is 0 Å². The minimum Gasteiger partial charge on any atom is -0.307 e. The summed E-state index contributed by atoms with van der Waals surface area (Å²) < 4.78 is 4.93.